The average Bonchev–Trinajstić information content (AvgIpc) is 3.73. The van der Waals surface area contributed by atoms with Gasteiger partial charge in [-0.05, 0) is 140 Å². The SMILES string of the molecule is c1ccc(-c2ccc(N(c3ccccc3)c3ccc(-c4ccccc4C4(c5ccccc5)c5ccccc5-c5ccc(N(c6ccccc6)c6ccc(-c7ccccc7)cc6)cc54)cc3)cc2)cc1. The van der Waals surface area contributed by atoms with Crippen molar-refractivity contribution in [1.82, 2.24) is 0 Å². The summed E-state index contributed by atoms with van der Waals surface area (Å²) in [6.07, 6.45) is 0. The van der Waals surface area contributed by atoms with Crippen LogP contribution in [0.1, 0.15) is 22.3 Å². The molecule has 0 aromatic heterocycles. The van der Waals surface area contributed by atoms with Gasteiger partial charge in [0.15, 0.2) is 0 Å². The molecule has 0 amide bonds. The molecule has 1 atom stereocenters. The highest BCUT2D eigenvalue weighted by molar-refractivity contribution is 5.92. The Hall–Kier alpha value is -8.98. The maximum absolute atomic E-state index is 2.46. The van der Waals surface area contributed by atoms with Crippen LogP contribution in [0.25, 0.3) is 44.5 Å². The number of hydrogen-bond donors (Lipinski definition) is 0. The molecule has 0 bridgehead atoms. The normalized spacial score (nSPS) is 13.6. The lowest BCUT2D eigenvalue weighted by molar-refractivity contribution is 0.770. The zero-order chi connectivity index (χ0) is 46.0. The first kappa shape index (κ1) is 41.5. The predicted octanol–water partition coefficient (Wildman–Crippen LogP) is 18.0. The Morgan fingerprint density at radius 3 is 1.01 bits per heavy atom. The Kier molecular flexibility index (Phi) is 10.8. The van der Waals surface area contributed by atoms with Crippen LogP contribution in [0.4, 0.5) is 34.1 Å². The topological polar surface area (TPSA) is 6.48 Å². The number of rotatable bonds is 11. The highest BCUT2D eigenvalue weighted by Gasteiger charge is 2.47. The van der Waals surface area contributed by atoms with E-state index in [1.807, 2.05) is 0 Å². The molecule has 0 saturated carbocycles. The third-order valence-corrected chi connectivity index (χ3v) is 13.8. The number of nitrogens with zero attached hydrogens (tertiary/aromatic N) is 2. The third kappa shape index (κ3) is 7.49. The highest BCUT2D eigenvalue weighted by Crippen LogP contribution is 2.59. The van der Waals surface area contributed by atoms with Crippen molar-refractivity contribution in [3.05, 3.63) is 313 Å². The standard InChI is InChI=1S/C67H48N2/c1-6-20-49(21-7-1)51-34-40-57(41-35-51)68(55-26-12-4-13-27-55)58-44-38-53(39-45-58)61-30-16-18-32-64(61)67(54-24-10-3-11-25-54)65-33-19-17-31-62(65)63-47-46-60(48-66(63)67)69(56-28-14-5-15-29-56)59-42-36-52(37-43-59)50-22-8-2-9-23-50/h1-48H. The van der Waals surface area contributed by atoms with Gasteiger partial charge in [0, 0.05) is 34.1 Å². The van der Waals surface area contributed by atoms with Crippen molar-refractivity contribution in [1.29, 1.82) is 0 Å². The van der Waals surface area contributed by atoms with Gasteiger partial charge in [-0.25, -0.2) is 0 Å². The Labute approximate surface area is 405 Å². The van der Waals surface area contributed by atoms with Gasteiger partial charge in [-0.3, -0.25) is 0 Å². The quantitative estimate of drug-likeness (QED) is 0.128. The molecule has 1 unspecified atom stereocenters. The van der Waals surface area contributed by atoms with Crippen LogP contribution >= 0.6 is 0 Å². The lowest BCUT2D eigenvalue weighted by atomic mass is 9.66. The molecule has 0 radical (unpaired) electrons. The molecule has 11 aromatic carbocycles. The molecule has 12 rings (SSSR count). The van der Waals surface area contributed by atoms with Crippen LogP contribution in [0.3, 0.4) is 0 Å². The fraction of sp³-hybridized carbons (Fsp3) is 0.0149. The van der Waals surface area contributed by atoms with Crippen LogP contribution < -0.4 is 9.80 Å². The van der Waals surface area contributed by atoms with Crippen molar-refractivity contribution < 1.29 is 0 Å². The van der Waals surface area contributed by atoms with E-state index >= 15 is 0 Å². The van der Waals surface area contributed by atoms with Gasteiger partial charge >= 0.3 is 0 Å². The van der Waals surface area contributed by atoms with Crippen LogP contribution in [-0.2, 0) is 5.41 Å². The minimum atomic E-state index is -0.644. The molecular formula is C67H48N2. The van der Waals surface area contributed by atoms with Crippen molar-refractivity contribution in [2.75, 3.05) is 9.80 Å². The molecule has 0 N–H and O–H groups in total. The van der Waals surface area contributed by atoms with E-state index in [1.165, 1.54) is 61.2 Å². The second kappa shape index (κ2) is 18.0. The summed E-state index contributed by atoms with van der Waals surface area (Å²) in [4.78, 5) is 4.74. The summed E-state index contributed by atoms with van der Waals surface area (Å²) >= 11 is 0. The molecule has 0 heterocycles. The first-order valence-electron chi connectivity index (χ1n) is 23.8. The van der Waals surface area contributed by atoms with E-state index in [0.717, 1.165) is 39.7 Å². The first-order chi connectivity index (χ1) is 34.2. The predicted molar refractivity (Wildman–Crippen MR) is 289 cm³/mol. The van der Waals surface area contributed by atoms with Gasteiger partial charge in [-0.2, -0.15) is 0 Å². The molecule has 0 spiro atoms. The van der Waals surface area contributed by atoms with E-state index in [2.05, 4.69) is 301 Å². The molecule has 2 heteroatoms. The fourth-order valence-electron chi connectivity index (χ4n) is 10.6. The summed E-state index contributed by atoms with van der Waals surface area (Å²) in [6.45, 7) is 0. The van der Waals surface area contributed by atoms with Gasteiger partial charge in [0.1, 0.15) is 0 Å². The second-order valence-corrected chi connectivity index (χ2v) is 17.7. The molecular weight excluding hydrogens is 833 g/mol. The van der Waals surface area contributed by atoms with Gasteiger partial charge in [-0.1, -0.05) is 218 Å². The van der Waals surface area contributed by atoms with Crippen molar-refractivity contribution >= 4 is 34.1 Å². The molecule has 11 aromatic rings. The largest absolute Gasteiger partial charge is 0.311 e. The van der Waals surface area contributed by atoms with E-state index in [4.69, 9.17) is 0 Å². The Morgan fingerprint density at radius 2 is 0.522 bits per heavy atom. The summed E-state index contributed by atoms with van der Waals surface area (Å²) in [6, 6.07) is 106. The summed E-state index contributed by atoms with van der Waals surface area (Å²) < 4.78 is 0. The van der Waals surface area contributed by atoms with E-state index in [9.17, 15) is 0 Å². The van der Waals surface area contributed by atoms with Crippen molar-refractivity contribution in [3.63, 3.8) is 0 Å². The van der Waals surface area contributed by atoms with Crippen molar-refractivity contribution in [2.24, 2.45) is 0 Å². The Balaban J connectivity index is 1.01. The minimum absolute atomic E-state index is 0.644. The molecule has 1 aliphatic rings. The van der Waals surface area contributed by atoms with Gasteiger partial charge < -0.3 is 9.80 Å². The van der Waals surface area contributed by atoms with Crippen LogP contribution in [0.5, 0.6) is 0 Å². The van der Waals surface area contributed by atoms with Crippen molar-refractivity contribution in [3.8, 4) is 44.5 Å². The summed E-state index contributed by atoms with van der Waals surface area (Å²) in [5.41, 5.74) is 20.6. The van der Waals surface area contributed by atoms with E-state index in [1.54, 1.807) is 0 Å². The summed E-state index contributed by atoms with van der Waals surface area (Å²) in [5.74, 6) is 0. The maximum Gasteiger partial charge on any atom is 0.0720 e. The van der Waals surface area contributed by atoms with Gasteiger partial charge in [0.05, 0.1) is 5.41 Å². The number of para-hydroxylation sites is 2. The fourth-order valence-corrected chi connectivity index (χ4v) is 10.6. The van der Waals surface area contributed by atoms with E-state index in [-0.39, 0.29) is 0 Å². The zero-order valence-electron chi connectivity index (χ0n) is 38.1. The molecule has 2 nitrogen and oxygen atoms in total. The van der Waals surface area contributed by atoms with E-state index < -0.39 is 5.41 Å². The number of benzene rings is 11. The van der Waals surface area contributed by atoms with E-state index in [0.29, 0.717) is 0 Å². The first-order valence-corrected chi connectivity index (χ1v) is 23.8. The van der Waals surface area contributed by atoms with Crippen LogP contribution in [0, 0.1) is 0 Å². The number of anilines is 6. The smallest absolute Gasteiger partial charge is 0.0720 e. The number of fused-ring (bicyclic) bond motifs is 3. The highest BCUT2D eigenvalue weighted by atomic mass is 15.1. The lowest BCUT2D eigenvalue weighted by Gasteiger charge is -2.36. The molecule has 0 fully saturated rings. The molecule has 326 valence electrons. The van der Waals surface area contributed by atoms with Crippen LogP contribution in [0.2, 0.25) is 0 Å². The zero-order valence-corrected chi connectivity index (χ0v) is 38.1. The molecule has 1 aliphatic carbocycles. The van der Waals surface area contributed by atoms with Gasteiger partial charge in [-0.15, -0.1) is 0 Å². The lowest BCUT2D eigenvalue weighted by Crippen LogP contribution is -2.29. The molecule has 0 saturated heterocycles. The maximum atomic E-state index is 2.46. The van der Waals surface area contributed by atoms with Crippen molar-refractivity contribution in [2.45, 2.75) is 5.41 Å². The number of hydrogen-bond acceptors (Lipinski definition) is 2. The minimum Gasteiger partial charge on any atom is -0.311 e. The van der Waals surface area contributed by atoms with Crippen LogP contribution in [-0.4, -0.2) is 0 Å². The summed E-state index contributed by atoms with van der Waals surface area (Å²) in [7, 11) is 0. The monoisotopic (exact) mass is 880 g/mol. The Bertz CT molecular complexity index is 3500. The van der Waals surface area contributed by atoms with Gasteiger partial charge in [0.2, 0.25) is 0 Å². The average molecular weight is 881 g/mol. The van der Waals surface area contributed by atoms with Gasteiger partial charge in [0.25, 0.3) is 0 Å². The third-order valence-electron chi connectivity index (χ3n) is 13.8. The Morgan fingerprint density at radius 1 is 0.203 bits per heavy atom. The summed E-state index contributed by atoms with van der Waals surface area (Å²) in [5, 5.41) is 0. The molecule has 0 aliphatic heterocycles. The molecule has 69 heavy (non-hydrogen) atoms. The second-order valence-electron chi connectivity index (χ2n) is 17.7. The van der Waals surface area contributed by atoms with Crippen LogP contribution in [0.15, 0.2) is 291 Å².